The van der Waals surface area contributed by atoms with E-state index >= 15 is 0 Å². The maximum absolute atomic E-state index is 11.6. The summed E-state index contributed by atoms with van der Waals surface area (Å²) in [6.45, 7) is 0.911. The fraction of sp³-hybridized carbons (Fsp3) is 0.778. The quantitative estimate of drug-likeness (QED) is 0.663. The van der Waals surface area contributed by atoms with Gasteiger partial charge in [0, 0.05) is 13.1 Å². The van der Waals surface area contributed by atoms with E-state index in [2.05, 4.69) is 0 Å². The largest absolute Gasteiger partial charge is 0.480 e. The number of aliphatic carboxylic acids is 1. The van der Waals surface area contributed by atoms with E-state index in [1.807, 2.05) is 4.72 Å². The van der Waals surface area contributed by atoms with Crippen molar-refractivity contribution >= 4 is 21.9 Å². The molecule has 0 radical (unpaired) electrons. The highest BCUT2D eigenvalue weighted by Crippen LogP contribution is 2.08. The lowest BCUT2D eigenvalue weighted by Crippen LogP contribution is -2.43. The molecule has 1 saturated heterocycles. The van der Waals surface area contributed by atoms with Crippen LogP contribution in [0.25, 0.3) is 0 Å². The number of carboxylic acid groups (broad SMARTS) is 1. The summed E-state index contributed by atoms with van der Waals surface area (Å²) in [5, 5.41) is 8.35. The Bertz CT molecular complexity index is 386. The van der Waals surface area contributed by atoms with E-state index < -0.39 is 21.7 Å². The summed E-state index contributed by atoms with van der Waals surface area (Å²) < 4.78 is 24.3. The molecule has 1 rings (SSSR count). The number of likely N-dealkylation sites (tertiary alicyclic amines) is 1. The Morgan fingerprint density at radius 2 is 1.76 bits per heavy atom. The summed E-state index contributed by atoms with van der Waals surface area (Å²) in [6.07, 6.45) is 2.93. The molecule has 0 aromatic heterocycles. The number of hydrogen-bond acceptors (Lipinski definition) is 4. The van der Waals surface area contributed by atoms with Crippen molar-refractivity contribution in [3.8, 4) is 0 Å². The first-order valence-corrected chi connectivity index (χ1v) is 7.03. The van der Waals surface area contributed by atoms with Crippen LogP contribution in [0.3, 0.4) is 0 Å². The van der Waals surface area contributed by atoms with Crippen LogP contribution >= 0.6 is 0 Å². The second-order valence-electron chi connectivity index (χ2n) is 3.92. The lowest BCUT2D eigenvalue weighted by Gasteiger charge is -2.26. The van der Waals surface area contributed by atoms with Gasteiger partial charge in [-0.2, -0.15) is 0 Å². The third-order valence-electron chi connectivity index (χ3n) is 2.47. The molecule has 1 amide bonds. The minimum Gasteiger partial charge on any atom is -0.480 e. The summed E-state index contributed by atoms with van der Waals surface area (Å²) in [6, 6.07) is 0. The van der Waals surface area contributed by atoms with Crippen LogP contribution in [0.2, 0.25) is 0 Å². The average Bonchev–Trinajstić information content (AvgIpc) is 2.25. The minimum atomic E-state index is -3.91. The van der Waals surface area contributed by atoms with Crippen LogP contribution in [0.4, 0.5) is 0 Å². The minimum absolute atomic E-state index is 0.307. The van der Waals surface area contributed by atoms with Crippen molar-refractivity contribution in [3.05, 3.63) is 0 Å². The number of rotatable bonds is 5. The zero-order valence-electron chi connectivity index (χ0n) is 9.39. The topological polar surface area (TPSA) is 104 Å². The zero-order chi connectivity index (χ0) is 12.9. The summed E-state index contributed by atoms with van der Waals surface area (Å²) in [7, 11) is -3.91. The molecule has 0 unspecified atom stereocenters. The molecule has 0 aliphatic carbocycles. The van der Waals surface area contributed by atoms with E-state index in [0.29, 0.717) is 13.1 Å². The number of amides is 1. The molecule has 17 heavy (non-hydrogen) atoms. The normalized spacial score (nSPS) is 16.8. The van der Waals surface area contributed by atoms with E-state index in [-0.39, 0.29) is 12.5 Å². The van der Waals surface area contributed by atoms with Crippen molar-refractivity contribution in [2.75, 3.05) is 25.4 Å². The highest BCUT2D eigenvalue weighted by molar-refractivity contribution is 7.90. The summed E-state index contributed by atoms with van der Waals surface area (Å²) in [5.41, 5.74) is 0. The van der Waals surface area contributed by atoms with Gasteiger partial charge < -0.3 is 10.0 Å². The van der Waals surface area contributed by atoms with Crippen molar-refractivity contribution in [2.45, 2.75) is 19.3 Å². The van der Waals surface area contributed by atoms with E-state index in [0.717, 1.165) is 19.3 Å². The fourth-order valence-corrected chi connectivity index (χ4v) is 2.41. The molecule has 0 aromatic rings. The fourth-order valence-electron chi connectivity index (χ4n) is 1.64. The smallest absolute Gasteiger partial charge is 0.320 e. The monoisotopic (exact) mass is 264 g/mol. The van der Waals surface area contributed by atoms with E-state index in [1.54, 1.807) is 4.90 Å². The molecular formula is C9H16N2O5S. The van der Waals surface area contributed by atoms with Gasteiger partial charge in [0.1, 0.15) is 0 Å². The second kappa shape index (κ2) is 5.97. The number of hydrogen-bond donors (Lipinski definition) is 2. The van der Waals surface area contributed by atoms with Crippen LogP contribution < -0.4 is 4.72 Å². The molecule has 0 spiro atoms. The number of carboxylic acids is 1. The maximum Gasteiger partial charge on any atom is 0.320 e. The summed E-state index contributed by atoms with van der Waals surface area (Å²) in [4.78, 5) is 23.4. The predicted octanol–water partition coefficient (Wildman–Crippen LogP) is -0.997. The molecule has 98 valence electrons. The van der Waals surface area contributed by atoms with E-state index in [4.69, 9.17) is 5.11 Å². The number of nitrogens with one attached hydrogen (secondary N) is 1. The van der Waals surface area contributed by atoms with Gasteiger partial charge in [-0.15, -0.1) is 0 Å². The maximum atomic E-state index is 11.6. The lowest BCUT2D eigenvalue weighted by atomic mass is 10.1. The van der Waals surface area contributed by atoms with Crippen LogP contribution in [-0.4, -0.2) is 55.7 Å². The number of carbonyl (C=O) groups is 2. The van der Waals surface area contributed by atoms with Crippen molar-refractivity contribution in [1.29, 1.82) is 0 Å². The van der Waals surface area contributed by atoms with Crippen molar-refractivity contribution in [1.82, 2.24) is 9.62 Å². The number of sulfonamides is 1. The third-order valence-corrected chi connectivity index (χ3v) is 3.68. The molecule has 0 aromatic carbocycles. The molecule has 0 atom stereocenters. The van der Waals surface area contributed by atoms with Crippen LogP contribution in [0.5, 0.6) is 0 Å². The van der Waals surface area contributed by atoms with Crippen LogP contribution in [0, 0.1) is 0 Å². The van der Waals surface area contributed by atoms with Gasteiger partial charge in [-0.3, -0.25) is 9.59 Å². The summed E-state index contributed by atoms with van der Waals surface area (Å²) >= 11 is 0. The second-order valence-corrected chi connectivity index (χ2v) is 5.72. The van der Waals surface area contributed by atoms with Crippen molar-refractivity contribution in [3.63, 3.8) is 0 Å². The molecule has 7 nitrogen and oxygen atoms in total. The first-order valence-electron chi connectivity index (χ1n) is 5.37. The molecule has 2 N–H and O–H groups in total. The van der Waals surface area contributed by atoms with Crippen LogP contribution in [0.1, 0.15) is 19.3 Å². The van der Waals surface area contributed by atoms with Crippen LogP contribution in [0.15, 0.2) is 0 Å². The Morgan fingerprint density at radius 1 is 1.18 bits per heavy atom. The van der Waals surface area contributed by atoms with Crippen molar-refractivity contribution < 1.29 is 23.1 Å². The van der Waals surface area contributed by atoms with Crippen molar-refractivity contribution in [2.24, 2.45) is 0 Å². The molecule has 0 bridgehead atoms. The lowest BCUT2D eigenvalue weighted by molar-refractivity contribution is -0.134. The van der Waals surface area contributed by atoms with Crippen LogP contribution in [-0.2, 0) is 19.6 Å². The highest BCUT2D eigenvalue weighted by Gasteiger charge is 2.20. The van der Waals surface area contributed by atoms with Gasteiger partial charge in [-0.1, -0.05) is 0 Å². The number of piperidine rings is 1. The molecule has 1 fully saturated rings. The highest BCUT2D eigenvalue weighted by atomic mass is 32.2. The predicted molar refractivity (Wildman–Crippen MR) is 59.9 cm³/mol. The SMILES string of the molecule is O=C(O)CS(=O)(=O)NCC(=O)N1CCCCC1. The van der Waals surface area contributed by atoms with E-state index in [9.17, 15) is 18.0 Å². The average molecular weight is 264 g/mol. The molecule has 0 saturated carbocycles. The first-order chi connectivity index (χ1) is 7.91. The molecule has 1 aliphatic heterocycles. The molecular weight excluding hydrogens is 248 g/mol. The molecule has 1 aliphatic rings. The Morgan fingerprint density at radius 3 is 2.29 bits per heavy atom. The Hall–Kier alpha value is -1.15. The first kappa shape index (κ1) is 13.9. The standard InChI is InChI=1S/C9H16N2O5S/c12-8(11-4-2-1-3-5-11)6-10-17(15,16)7-9(13)14/h10H,1-7H2,(H,13,14). The van der Waals surface area contributed by atoms with Gasteiger partial charge in [0.05, 0.1) is 6.54 Å². The van der Waals surface area contributed by atoms with Gasteiger partial charge >= 0.3 is 5.97 Å². The Labute approximate surface area is 99.8 Å². The van der Waals surface area contributed by atoms with Gasteiger partial charge in [-0.05, 0) is 19.3 Å². The van der Waals surface area contributed by atoms with Gasteiger partial charge in [0.25, 0.3) is 0 Å². The third kappa shape index (κ3) is 5.14. The van der Waals surface area contributed by atoms with Gasteiger partial charge in [0.2, 0.25) is 15.9 Å². The number of carbonyl (C=O) groups excluding carboxylic acids is 1. The molecule has 1 heterocycles. The Kier molecular flexibility index (Phi) is 4.88. The Balaban J connectivity index is 2.39. The van der Waals surface area contributed by atoms with Gasteiger partial charge in [-0.25, -0.2) is 13.1 Å². The summed E-state index contributed by atoms with van der Waals surface area (Å²) in [5.74, 6) is -2.76. The number of nitrogens with zero attached hydrogens (tertiary/aromatic N) is 1. The molecule has 8 heteroatoms. The van der Waals surface area contributed by atoms with E-state index in [1.165, 1.54) is 0 Å². The zero-order valence-corrected chi connectivity index (χ0v) is 10.2. The van der Waals surface area contributed by atoms with Gasteiger partial charge in [0.15, 0.2) is 5.75 Å².